The number of benzene rings is 1. The normalized spacial score (nSPS) is 20.7. The highest BCUT2D eigenvalue weighted by Crippen LogP contribution is 2.40. The van der Waals surface area contributed by atoms with Crippen molar-refractivity contribution in [3.05, 3.63) is 29.6 Å². The molecule has 1 amide bonds. The summed E-state index contributed by atoms with van der Waals surface area (Å²) in [5, 5.41) is 0. The van der Waals surface area contributed by atoms with Gasteiger partial charge < -0.3 is 5.73 Å². The van der Waals surface area contributed by atoms with Crippen molar-refractivity contribution in [1.29, 1.82) is 0 Å². The maximum atomic E-state index is 13.1. The Morgan fingerprint density at radius 2 is 2.00 bits per heavy atom. The van der Waals surface area contributed by atoms with Gasteiger partial charge in [-0.1, -0.05) is 0 Å². The third-order valence-electron chi connectivity index (χ3n) is 3.06. The molecule has 0 atom stereocenters. The van der Waals surface area contributed by atoms with Crippen LogP contribution in [0.1, 0.15) is 19.4 Å². The molecule has 0 unspecified atom stereocenters. The van der Waals surface area contributed by atoms with Gasteiger partial charge in [0.2, 0.25) is 0 Å². The Morgan fingerprint density at radius 1 is 1.39 bits per heavy atom. The molecule has 0 aliphatic carbocycles. The lowest BCUT2D eigenvalue weighted by Crippen LogP contribution is -2.67. The Bertz CT molecular complexity index is 625. The molecule has 1 aromatic carbocycles. The zero-order chi connectivity index (χ0) is 13.7. The van der Waals surface area contributed by atoms with Crippen LogP contribution in [0.4, 0.5) is 10.1 Å². The molecule has 2 N–H and O–H groups in total. The molecule has 1 aromatic rings. The summed E-state index contributed by atoms with van der Waals surface area (Å²) >= 11 is 0. The van der Waals surface area contributed by atoms with Gasteiger partial charge in [0, 0.05) is 6.54 Å². The maximum Gasteiger partial charge on any atom is 0.263 e. The maximum absolute atomic E-state index is 13.1. The molecular weight excluding hydrogens is 259 g/mol. The van der Waals surface area contributed by atoms with E-state index in [1.807, 2.05) is 0 Å². The van der Waals surface area contributed by atoms with E-state index in [0.29, 0.717) is 4.31 Å². The minimum Gasteiger partial charge on any atom is -0.326 e. The summed E-state index contributed by atoms with van der Waals surface area (Å²) in [6.07, 6.45) is 0. The summed E-state index contributed by atoms with van der Waals surface area (Å²) < 4.78 is 36.3. The number of rotatable bonds is 2. The van der Waals surface area contributed by atoms with E-state index >= 15 is 0 Å². The van der Waals surface area contributed by atoms with Crippen LogP contribution in [0, 0.1) is 5.82 Å². The first-order chi connectivity index (χ1) is 8.23. The van der Waals surface area contributed by atoms with Gasteiger partial charge in [-0.2, -0.15) is 0 Å². The first kappa shape index (κ1) is 13.0. The van der Waals surface area contributed by atoms with Gasteiger partial charge in [0.1, 0.15) is 5.82 Å². The molecule has 1 aliphatic heterocycles. The number of amides is 1. The number of hydrogen-bond donors (Lipinski definition) is 1. The number of sulfonamides is 1. The lowest BCUT2D eigenvalue weighted by molar-refractivity contribution is -0.120. The van der Waals surface area contributed by atoms with Crippen molar-refractivity contribution in [1.82, 2.24) is 0 Å². The van der Waals surface area contributed by atoms with Crippen LogP contribution < -0.4 is 10.0 Å². The lowest BCUT2D eigenvalue weighted by atomic mass is 10.1. The van der Waals surface area contributed by atoms with Crippen molar-refractivity contribution in [3.63, 3.8) is 0 Å². The summed E-state index contributed by atoms with van der Waals surface area (Å²) in [6, 6.07) is 3.48. The first-order valence-electron chi connectivity index (χ1n) is 5.31. The summed E-state index contributed by atoms with van der Waals surface area (Å²) in [5.74, 6) is -1.06. The van der Waals surface area contributed by atoms with Crippen LogP contribution in [0.3, 0.4) is 0 Å². The molecule has 0 radical (unpaired) electrons. The molecule has 98 valence electrons. The zero-order valence-electron chi connectivity index (χ0n) is 9.97. The van der Waals surface area contributed by atoms with Crippen LogP contribution in [0.15, 0.2) is 18.2 Å². The van der Waals surface area contributed by atoms with Gasteiger partial charge >= 0.3 is 0 Å². The van der Waals surface area contributed by atoms with E-state index in [1.54, 1.807) is 0 Å². The van der Waals surface area contributed by atoms with E-state index in [-0.39, 0.29) is 17.8 Å². The van der Waals surface area contributed by atoms with E-state index in [4.69, 9.17) is 5.73 Å². The van der Waals surface area contributed by atoms with Crippen molar-refractivity contribution in [2.24, 2.45) is 5.73 Å². The Morgan fingerprint density at radius 3 is 2.50 bits per heavy atom. The predicted octanol–water partition coefficient (Wildman–Crippen LogP) is 0.739. The van der Waals surface area contributed by atoms with Gasteiger partial charge in [0.25, 0.3) is 15.9 Å². The second-order valence-electron chi connectivity index (χ2n) is 4.56. The molecule has 5 nitrogen and oxygen atoms in total. The fraction of sp³-hybridized carbons (Fsp3) is 0.364. The smallest absolute Gasteiger partial charge is 0.263 e. The lowest BCUT2D eigenvalue weighted by Gasteiger charge is -2.43. The monoisotopic (exact) mass is 272 g/mol. The van der Waals surface area contributed by atoms with Crippen LogP contribution in [0.2, 0.25) is 0 Å². The van der Waals surface area contributed by atoms with Crippen LogP contribution in [0.5, 0.6) is 0 Å². The predicted molar refractivity (Wildman–Crippen MR) is 64.8 cm³/mol. The van der Waals surface area contributed by atoms with Gasteiger partial charge in [-0.25, -0.2) is 17.1 Å². The molecule has 1 aliphatic rings. The van der Waals surface area contributed by atoms with Crippen molar-refractivity contribution in [3.8, 4) is 0 Å². The SMILES string of the molecule is CC1(C)C(=O)N(c2ccc(F)cc2CN)S1(=O)=O. The van der Waals surface area contributed by atoms with Gasteiger partial charge in [0.05, 0.1) is 5.69 Å². The largest absolute Gasteiger partial charge is 0.326 e. The highest BCUT2D eigenvalue weighted by molar-refractivity contribution is 7.98. The van der Waals surface area contributed by atoms with E-state index in [0.717, 1.165) is 12.1 Å². The molecule has 18 heavy (non-hydrogen) atoms. The van der Waals surface area contributed by atoms with Crippen LogP contribution in [-0.2, 0) is 21.4 Å². The minimum atomic E-state index is -3.74. The minimum absolute atomic E-state index is 0.0488. The van der Waals surface area contributed by atoms with Crippen molar-refractivity contribution < 1.29 is 17.6 Å². The number of halogens is 1. The van der Waals surface area contributed by atoms with E-state index in [9.17, 15) is 17.6 Å². The molecule has 2 rings (SSSR count). The molecule has 0 spiro atoms. The highest BCUT2D eigenvalue weighted by Gasteiger charge is 2.61. The molecule has 0 aromatic heterocycles. The fourth-order valence-corrected chi connectivity index (χ4v) is 3.33. The summed E-state index contributed by atoms with van der Waals surface area (Å²) in [4.78, 5) is 11.9. The van der Waals surface area contributed by atoms with Crippen molar-refractivity contribution in [2.75, 3.05) is 4.31 Å². The highest BCUT2D eigenvalue weighted by atomic mass is 32.2. The van der Waals surface area contributed by atoms with Gasteiger partial charge in [-0.3, -0.25) is 4.79 Å². The average molecular weight is 272 g/mol. The average Bonchev–Trinajstić information content (AvgIpc) is 2.30. The Labute approximate surface area is 104 Å². The molecular formula is C11H13FN2O3S. The Kier molecular flexibility index (Phi) is 2.71. The van der Waals surface area contributed by atoms with Crippen LogP contribution in [-0.4, -0.2) is 19.1 Å². The van der Waals surface area contributed by atoms with E-state index < -0.39 is 26.5 Å². The molecule has 1 fully saturated rings. The summed E-state index contributed by atoms with van der Waals surface area (Å²) in [6.45, 7) is 2.63. The Balaban J connectivity index is 2.56. The Hall–Kier alpha value is -1.47. The summed E-state index contributed by atoms with van der Waals surface area (Å²) in [5.41, 5.74) is 5.85. The molecule has 1 saturated heterocycles. The van der Waals surface area contributed by atoms with Gasteiger partial charge in [-0.15, -0.1) is 0 Å². The van der Waals surface area contributed by atoms with E-state index in [2.05, 4.69) is 0 Å². The standard InChI is InChI=1S/C11H13FN2O3S/c1-11(2)10(15)14(18(11,16)17)9-4-3-8(12)5-7(9)6-13/h3-5H,6,13H2,1-2H3. The number of nitrogens with zero attached hydrogens (tertiary/aromatic N) is 1. The number of carbonyl (C=O) groups is 1. The van der Waals surface area contributed by atoms with Crippen molar-refractivity contribution >= 4 is 21.6 Å². The van der Waals surface area contributed by atoms with E-state index in [1.165, 1.54) is 19.9 Å². The number of anilines is 1. The molecule has 7 heteroatoms. The van der Waals surface area contributed by atoms with Gasteiger partial charge in [-0.05, 0) is 37.6 Å². The zero-order valence-corrected chi connectivity index (χ0v) is 10.8. The van der Waals surface area contributed by atoms with Crippen molar-refractivity contribution in [2.45, 2.75) is 25.1 Å². The molecule has 1 heterocycles. The topological polar surface area (TPSA) is 80.5 Å². The fourth-order valence-electron chi connectivity index (χ4n) is 1.81. The van der Waals surface area contributed by atoms with Crippen LogP contribution >= 0.6 is 0 Å². The molecule has 0 saturated carbocycles. The van der Waals surface area contributed by atoms with Gasteiger partial charge in [0.15, 0.2) is 4.75 Å². The second-order valence-corrected chi connectivity index (χ2v) is 6.90. The van der Waals surface area contributed by atoms with Crippen LogP contribution in [0.25, 0.3) is 0 Å². The number of hydrogen-bond acceptors (Lipinski definition) is 4. The quantitative estimate of drug-likeness (QED) is 0.861. The number of carbonyl (C=O) groups excluding carboxylic acids is 1. The third kappa shape index (κ3) is 1.47. The second kappa shape index (κ2) is 3.76. The molecule has 0 bridgehead atoms. The third-order valence-corrected chi connectivity index (χ3v) is 5.37. The first-order valence-corrected chi connectivity index (χ1v) is 6.75. The summed E-state index contributed by atoms with van der Waals surface area (Å²) in [7, 11) is -3.74. The number of nitrogens with two attached hydrogens (primary N) is 1.